The Labute approximate surface area is 71.0 Å². The minimum absolute atomic E-state index is 0.311. The van der Waals surface area contributed by atoms with Crippen LogP contribution in [-0.2, 0) is 0 Å². The summed E-state index contributed by atoms with van der Waals surface area (Å²) in [4.78, 5) is 4.49. The molecule has 1 aromatic rings. The average Bonchev–Trinajstić information content (AvgIpc) is 2.05. The molecule has 4 nitrogen and oxygen atoms in total. The van der Waals surface area contributed by atoms with Gasteiger partial charge in [-0.25, -0.2) is 0 Å². The first-order chi connectivity index (χ1) is 5.72. The van der Waals surface area contributed by atoms with Crippen molar-refractivity contribution in [1.82, 2.24) is 0 Å². The number of benzene rings is 1. The molecule has 0 spiro atoms. The van der Waals surface area contributed by atoms with Crippen LogP contribution in [-0.4, -0.2) is 6.23 Å². The van der Waals surface area contributed by atoms with Gasteiger partial charge in [0, 0.05) is 0 Å². The quantitative estimate of drug-likeness (QED) is 0.512. The van der Waals surface area contributed by atoms with Crippen LogP contribution in [0.5, 0.6) is 11.5 Å². The predicted octanol–water partition coefficient (Wildman–Crippen LogP) is 0.623. The summed E-state index contributed by atoms with van der Waals surface area (Å²) in [5, 5.41) is 0. The smallest absolute Gasteiger partial charge is 0.147 e. The molecule has 0 saturated heterocycles. The van der Waals surface area contributed by atoms with E-state index in [9.17, 15) is 0 Å². The molecule has 0 aliphatic rings. The zero-order chi connectivity index (χ0) is 8.97. The van der Waals surface area contributed by atoms with Crippen molar-refractivity contribution in [1.29, 1.82) is 0 Å². The molecule has 12 heavy (non-hydrogen) atoms. The van der Waals surface area contributed by atoms with Crippen LogP contribution >= 0.6 is 0 Å². The molecular formula is C8H12N2O2. The Balaban J connectivity index is 2.65. The lowest BCUT2D eigenvalue weighted by Gasteiger charge is -2.09. The van der Waals surface area contributed by atoms with Gasteiger partial charge in [0.15, 0.2) is 0 Å². The van der Waals surface area contributed by atoms with Crippen molar-refractivity contribution in [2.75, 3.05) is 0 Å². The van der Waals surface area contributed by atoms with Crippen LogP contribution in [0.2, 0.25) is 0 Å². The molecule has 0 aliphatic heterocycles. The second kappa shape index (κ2) is 3.94. The van der Waals surface area contributed by atoms with E-state index in [0.29, 0.717) is 11.5 Å². The Kier molecular flexibility index (Phi) is 2.90. The highest BCUT2D eigenvalue weighted by Crippen LogP contribution is 2.16. The van der Waals surface area contributed by atoms with E-state index in [2.05, 4.69) is 4.84 Å². The van der Waals surface area contributed by atoms with E-state index < -0.39 is 0 Å². The van der Waals surface area contributed by atoms with Gasteiger partial charge in [-0.1, -0.05) is 0 Å². The predicted molar refractivity (Wildman–Crippen MR) is 45.5 cm³/mol. The summed E-state index contributed by atoms with van der Waals surface area (Å²) >= 11 is 0. The van der Waals surface area contributed by atoms with Crippen LogP contribution < -0.4 is 21.2 Å². The Morgan fingerprint density at radius 2 is 1.67 bits per heavy atom. The standard InChI is InChI=1S/C8H12N2O2/c1-6(9)11-7-2-4-8(12-10)5-3-7/h2-6H,9-10H2,1H3. The summed E-state index contributed by atoms with van der Waals surface area (Å²) in [6.45, 7) is 1.76. The number of nitrogens with two attached hydrogens (primary N) is 2. The molecule has 0 aliphatic carbocycles. The SMILES string of the molecule is CC(N)Oc1ccc(ON)cc1. The molecule has 0 heterocycles. The normalized spacial score (nSPS) is 12.2. The molecule has 1 atom stereocenters. The molecule has 0 amide bonds. The Morgan fingerprint density at radius 1 is 1.17 bits per heavy atom. The lowest BCUT2D eigenvalue weighted by Crippen LogP contribution is -2.22. The third kappa shape index (κ3) is 2.41. The van der Waals surface area contributed by atoms with Gasteiger partial charge >= 0.3 is 0 Å². The maximum absolute atomic E-state index is 5.42. The van der Waals surface area contributed by atoms with Gasteiger partial charge < -0.3 is 9.57 Å². The fraction of sp³-hybridized carbons (Fsp3) is 0.250. The van der Waals surface area contributed by atoms with Crippen molar-refractivity contribution < 1.29 is 9.57 Å². The topological polar surface area (TPSA) is 70.5 Å². The van der Waals surface area contributed by atoms with Gasteiger partial charge in [-0.2, -0.15) is 5.90 Å². The fourth-order valence-electron chi connectivity index (χ4n) is 0.811. The number of hydrogen-bond acceptors (Lipinski definition) is 4. The third-order valence-corrected chi connectivity index (χ3v) is 1.28. The second-order valence-corrected chi connectivity index (χ2v) is 2.41. The summed E-state index contributed by atoms with van der Waals surface area (Å²) < 4.78 is 5.20. The molecule has 0 fully saturated rings. The molecule has 66 valence electrons. The molecule has 0 aromatic heterocycles. The highest BCUT2D eigenvalue weighted by atomic mass is 16.6. The summed E-state index contributed by atoms with van der Waals surface area (Å²) in [5.41, 5.74) is 5.42. The van der Waals surface area contributed by atoms with Crippen LogP contribution in [0.25, 0.3) is 0 Å². The van der Waals surface area contributed by atoms with Crippen molar-refractivity contribution in [2.24, 2.45) is 11.6 Å². The highest BCUT2D eigenvalue weighted by Gasteiger charge is 1.97. The number of rotatable bonds is 3. The van der Waals surface area contributed by atoms with E-state index in [1.807, 2.05) is 0 Å². The van der Waals surface area contributed by atoms with Crippen LogP contribution in [0.1, 0.15) is 6.92 Å². The van der Waals surface area contributed by atoms with Gasteiger partial charge in [-0.05, 0) is 31.2 Å². The highest BCUT2D eigenvalue weighted by molar-refractivity contribution is 5.31. The third-order valence-electron chi connectivity index (χ3n) is 1.28. The van der Waals surface area contributed by atoms with Crippen molar-refractivity contribution in [3.8, 4) is 11.5 Å². The van der Waals surface area contributed by atoms with Gasteiger partial charge in [-0.15, -0.1) is 0 Å². The van der Waals surface area contributed by atoms with Gasteiger partial charge in [0.25, 0.3) is 0 Å². The Hall–Kier alpha value is -1.26. The average molecular weight is 168 g/mol. The van der Waals surface area contributed by atoms with Crippen LogP contribution in [0.3, 0.4) is 0 Å². The Bertz CT molecular complexity index is 233. The minimum Gasteiger partial charge on any atom is -0.476 e. The van der Waals surface area contributed by atoms with E-state index in [0.717, 1.165) is 0 Å². The largest absolute Gasteiger partial charge is 0.476 e. The molecule has 0 radical (unpaired) electrons. The first kappa shape index (κ1) is 8.83. The van der Waals surface area contributed by atoms with Gasteiger partial charge in [0.05, 0.1) is 0 Å². The van der Waals surface area contributed by atoms with E-state index in [-0.39, 0.29) is 6.23 Å². The van der Waals surface area contributed by atoms with Gasteiger partial charge in [0.2, 0.25) is 0 Å². The summed E-state index contributed by atoms with van der Waals surface area (Å²) in [7, 11) is 0. The first-order valence-corrected chi connectivity index (χ1v) is 3.61. The minimum atomic E-state index is -0.311. The number of ether oxygens (including phenoxy) is 1. The van der Waals surface area contributed by atoms with Crippen molar-refractivity contribution in [3.63, 3.8) is 0 Å². The second-order valence-electron chi connectivity index (χ2n) is 2.41. The molecule has 1 unspecified atom stereocenters. The zero-order valence-corrected chi connectivity index (χ0v) is 6.86. The zero-order valence-electron chi connectivity index (χ0n) is 6.86. The monoisotopic (exact) mass is 168 g/mol. The van der Waals surface area contributed by atoms with Crippen molar-refractivity contribution >= 4 is 0 Å². The molecule has 1 rings (SSSR count). The maximum atomic E-state index is 5.42. The van der Waals surface area contributed by atoms with E-state index in [1.54, 1.807) is 31.2 Å². The maximum Gasteiger partial charge on any atom is 0.147 e. The van der Waals surface area contributed by atoms with Gasteiger partial charge in [0.1, 0.15) is 17.7 Å². The summed E-state index contributed by atoms with van der Waals surface area (Å²) in [6, 6.07) is 6.90. The molecule has 0 saturated carbocycles. The van der Waals surface area contributed by atoms with Crippen molar-refractivity contribution in [2.45, 2.75) is 13.2 Å². The van der Waals surface area contributed by atoms with Crippen molar-refractivity contribution in [3.05, 3.63) is 24.3 Å². The lowest BCUT2D eigenvalue weighted by atomic mass is 10.3. The van der Waals surface area contributed by atoms with Crippen LogP contribution in [0.15, 0.2) is 24.3 Å². The van der Waals surface area contributed by atoms with E-state index >= 15 is 0 Å². The van der Waals surface area contributed by atoms with Gasteiger partial charge in [-0.3, -0.25) is 5.73 Å². The lowest BCUT2D eigenvalue weighted by molar-refractivity contribution is 0.229. The molecule has 1 aromatic carbocycles. The van der Waals surface area contributed by atoms with Crippen LogP contribution in [0, 0.1) is 0 Å². The first-order valence-electron chi connectivity index (χ1n) is 3.61. The molecule has 4 heteroatoms. The van der Waals surface area contributed by atoms with E-state index in [1.165, 1.54) is 0 Å². The summed E-state index contributed by atoms with van der Waals surface area (Å²) in [6.07, 6.45) is -0.311. The molecule has 4 N–H and O–H groups in total. The molecular weight excluding hydrogens is 156 g/mol. The van der Waals surface area contributed by atoms with Crippen LogP contribution in [0.4, 0.5) is 0 Å². The fourth-order valence-corrected chi connectivity index (χ4v) is 0.811. The summed E-state index contributed by atoms with van der Waals surface area (Å²) in [5.74, 6) is 6.23. The molecule has 0 bridgehead atoms. The number of hydrogen-bond donors (Lipinski definition) is 2. The van der Waals surface area contributed by atoms with E-state index in [4.69, 9.17) is 16.4 Å². The Morgan fingerprint density at radius 3 is 2.08 bits per heavy atom.